The predicted octanol–water partition coefficient (Wildman–Crippen LogP) is 7.86. The molecule has 0 bridgehead atoms. The second-order valence-corrected chi connectivity index (χ2v) is 28.2. The molecule has 8 aromatic carbocycles. The second-order valence-electron chi connectivity index (χ2n) is 15.4. The molecule has 2 aliphatic rings. The minimum absolute atomic E-state index is 0. The molecular formula is C50H42Cl2HfN2Si-2. The zero-order valence-corrected chi connectivity index (χ0v) is 37.7. The molecule has 0 aliphatic heterocycles. The number of rotatable bonds is 4. The van der Waals surface area contributed by atoms with Crippen LogP contribution in [0.15, 0.2) is 158 Å². The third kappa shape index (κ3) is 7.04. The average Bonchev–Trinajstić information content (AvgIpc) is 4.08. The Labute approximate surface area is 355 Å². The van der Waals surface area contributed by atoms with Gasteiger partial charge in [-0.3, -0.25) is 0 Å². The number of nitrogens with zero attached hydrogens (tertiary/aromatic N) is 2. The van der Waals surface area contributed by atoms with Gasteiger partial charge in [0, 0.05) is 32.9 Å². The Balaban J connectivity index is 0.000000140. The van der Waals surface area contributed by atoms with Gasteiger partial charge in [-0.15, -0.1) is 69.1 Å². The minimum atomic E-state index is 0. The summed E-state index contributed by atoms with van der Waals surface area (Å²) in [5.41, 5.74) is 11.0. The molecule has 2 heterocycles. The Kier molecular flexibility index (Phi) is 11.0. The van der Waals surface area contributed by atoms with E-state index in [1.165, 1.54) is 136 Å². The van der Waals surface area contributed by atoms with Gasteiger partial charge in [-0.25, -0.2) is 0 Å². The normalized spacial score (nSPS) is 13.6. The van der Waals surface area contributed by atoms with E-state index in [1.54, 1.807) is 0 Å². The van der Waals surface area contributed by atoms with E-state index in [9.17, 15) is 0 Å². The van der Waals surface area contributed by atoms with E-state index in [0.29, 0.717) is 0 Å². The summed E-state index contributed by atoms with van der Waals surface area (Å²) in [6.45, 7) is 4.66. The fourth-order valence-corrected chi connectivity index (χ4v) is 8.54. The number of hydrogen-bond donors (Lipinski definition) is 0. The first-order chi connectivity index (χ1) is 26.5. The van der Waals surface area contributed by atoms with Gasteiger partial charge in [0.15, 0.2) is 0 Å². The van der Waals surface area contributed by atoms with Crippen molar-refractivity contribution in [2.24, 2.45) is 0 Å². The van der Waals surface area contributed by atoms with Crippen molar-refractivity contribution in [3.8, 4) is 11.4 Å². The van der Waals surface area contributed by atoms with Gasteiger partial charge in [-0.1, -0.05) is 84.9 Å². The zero-order valence-electron chi connectivity index (χ0n) is 31.6. The van der Waals surface area contributed by atoms with E-state index in [4.69, 9.17) is 0 Å². The van der Waals surface area contributed by atoms with Crippen molar-refractivity contribution in [3.05, 3.63) is 169 Å². The molecule has 276 valence electrons. The molecule has 56 heavy (non-hydrogen) atoms. The molecule has 0 N–H and O–H groups in total. The Morgan fingerprint density at radius 1 is 0.446 bits per heavy atom. The molecule has 0 saturated heterocycles. The summed E-state index contributed by atoms with van der Waals surface area (Å²) in [6, 6.07) is 58.0. The first-order valence-corrected chi connectivity index (χ1v) is 27.3. The maximum Gasteiger partial charge on any atom is 0.0532 e. The number of aromatic nitrogens is 2. The van der Waals surface area contributed by atoms with Crippen LogP contribution in [-0.2, 0) is 23.0 Å². The van der Waals surface area contributed by atoms with Crippen LogP contribution in [0.5, 0.6) is 0 Å². The largest absolute Gasteiger partial charge is 1.00 e. The number of hydrogen-bond acceptors (Lipinski definition) is 0. The molecule has 2 aliphatic carbocycles. The molecule has 0 atom stereocenters. The van der Waals surface area contributed by atoms with E-state index >= 15 is 0 Å². The maximum absolute atomic E-state index is 2.43. The molecule has 0 amide bonds. The molecule has 2 saturated carbocycles. The van der Waals surface area contributed by atoms with Crippen molar-refractivity contribution in [2.45, 2.75) is 50.6 Å². The first kappa shape index (κ1) is 38.7. The van der Waals surface area contributed by atoms with Crippen LogP contribution in [0.2, 0.25) is 13.1 Å². The molecule has 2 nitrogen and oxygen atoms in total. The molecule has 2 aromatic heterocycles. The van der Waals surface area contributed by atoms with E-state index < -0.39 is 0 Å². The topological polar surface area (TPSA) is 9.86 Å². The quantitative estimate of drug-likeness (QED) is 0.126. The van der Waals surface area contributed by atoms with Gasteiger partial charge in [-0.05, 0) is 61.8 Å². The van der Waals surface area contributed by atoms with Crippen LogP contribution in [0.3, 0.4) is 0 Å². The summed E-state index contributed by atoms with van der Waals surface area (Å²) in [5, 5.41) is 10.8. The monoisotopic (exact) mass is 948 g/mol. The average molecular weight is 948 g/mol. The van der Waals surface area contributed by atoms with Crippen LogP contribution >= 0.6 is 0 Å². The van der Waals surface area contributed by atoms with Crippen molar-refractivity contribution >= 4 is 70.7 Å². The smallest absolute Gasteiger partial charge is 0.0532 e. The standard InChI is InChI=1S/2C24H18N.C2H6Si.2ClH.Hf/c2*1-3-9-22-19(7-1)20-8-2-4-10-23(20)25(22)24-11-5-6-17-14-18(15-21(17)24)16-12-13-16;1-3-2;;;/h2*1-11,14-16H,12-13H2;1-2H3;2*1H;/q2*-1;;;;+2/p-2. The molecular weight excluding hydrogens is 906 g/mol. The fraction of sp³-hybridized carbons (Fsp3) is 0.160. The van der Waals surface area contributed by atoms with Crippen LogP contribution in [0.4, 0.5) is 0 Å². The third-order valence-electron chi connectivity index (χ3n) is 11.2. The van der Waals surface area contributed by atoms with Gasteiger partial charge in [0.1, 0.15) is 0 Å². The zero-order chi connectivity index (χ0) is 36.3. The first-order valence-electron chi connectivity index (χ1n) is 19.4. The van der Waals surface area contributed by atoms with E-state index in [0.717, 1.165) is 11.8 Å². The summed E-state index contributed by atoms with van der Waals surface area (Å²) < 4.78 is 4.87. The van der Waals surface area contributed by atoms with Crippen LogP contribution in [0.1, 0.15) is 48.6 Å². The summed E-state index contributed by atoms with van der Waals surface area (Å²) in [5.74, 6) is 1.58. The van der Waals surface area contributed by atoms with Crippen molar-refractivity contribution in [3.63, 3.8) is 0 Å². The summed E-state index contributed by atoms with van der Waals surface area (Å²) in [6.07, 6.45) is 5.39. The molecule has 2 fully saturated rings. The van der Waals surface area contributed by atoms with Crippen molar-refractivity contribution in [1.29, 1.82) is 0 Å². The molecule has 0 unspecified atom stereocenters. The van der Waals surface area contributed by atoms with E-state index in [1.807, 2.05) is 0 Å². The number of benzene rings is 6. The van der Waals surface area contributed by atoms with Crippen LogP contribution in [0, 0.1) is 0 Å². The van der Waals surface area contributed by atoms with Crippen molar-refractivity contribution in [1.82, 2.24) is 9.13 Å². The Bertz CT molecular complexity index is 2720. The molecule has 6 heteroatoms. The Morgan fingerprint density at radius 3 is 1.05 bits per heavy atom. The molecule has 10 aromatic rings. The molecule has 0 radical (unpaired) electrons. The van der Waals surface area contributed by atoms with E-state index in [2.05, 4.69) is 180 Å². The van der Waals surface area contributed by atoms with Gasteiger partial charge < -0.3 is 33.9 Å². The maximum atomic E-state index is 2.43. The van der Waals surface area contributed by atoms with Crippen LogP contribution < -0.4 is 24.8 Å². The minimum Gasteiger partial charge on any atom is -1.00 e. The number of para-hydroxylation sites is 4. The van der Waals surface area contributed by atoms with Gasteiger partial charge in [0.05, 0.1) is 22.1 Å². The predicted molar refractivity (Wildman–Crippen MR) is 229 cm³/mol. The molecule has 12 rings (SSSR count). The van der Waals surface area contributed by atoms with Crippen molar-refractivity contribution in [2.75, 3.05) is 0 Å². The molecule has 0 spiro atoms. The van der Waals surface area contributed by atoms with Gasteiger partial charge >= 0.3 is 41.6 Å². The summed E-state index contributed by atoms with van der Waals surface area (Å²) in [7, 11) is 0. The summed E-state index contributed by atoms with van der Waals surface area (Å²) in [4.78, 5) is 0. The SMILES string of the molecule is C[Si](C)=[Hf+2].[Cl-].[Cl-].c1cc(-n2c3ccccc3c3ccccc32)c2cc(C3CC3)[cH-]c2c1.c1cc(-n2c3ccccc3c3ccccc32)c2cc(C3CC3)[cH-]c2c1. The van der Waals surface area contributed by atoms with Gasteiger partial charge in [0.25, 0.3) is 0 Å². The second kappa shape index (κ2) is 16.0. The van der Waals surface area contributed by atoms with Crippen LogP contribution in [0.25, 0.3) is 76.5 Å². The van der Waals surface area contributed by atoms with Gasteiger partial charge in [-0.2, -0.15) is 12.1 Å². The van der Waals surface area contributed by atoms with Crippen molar-refractivity contribution < 1.29 is 47.8 Å². The van der Waals surface area contributed by atoms with Crippen LogP contribution in [-0.4, -0.2) is 14.6 Å². The number of halogens is 2. The Hall–Kier alpha value is -4.19. The van der Waals surface area contributed by atoms with Gasteiger partial charge in [0.2, 0.25) is 0 Å². The third-order valence-corrected chi connectivity index (χ3v) is 11.2. The number of fused-ring (bicyclic) bond motifs is 8. The fourth-order valence-electron chi connectivity index (χ4n) is 8.54. The Morgan fingerprint density at radius 2 is 0.750 bits per heavy atom. The summed E-state index contributed by atoms with van der Waals surface area (Å²) >= 11 is 1.45. The van der Waals surface area contributed by atoms with E-state index in [-0.39, 0.29) is 30.3 Å².